The van der Waals surface area contributed by atoms with Gasteiger partial charge in [0.05, 0.1) is 0 Å². The minimum atomic E-state index is -0.308. The van der Waals surface area contributed by atoms with Gasteiger partial charge in [0, 0.05) is 22.2 Å². The van der Waals surface area contributed by atoms with E-state index in [-0.39, 0.29) is 5.82 Å². The number of aldehydes is 1. The van der Waals surface area contributed by atoms with Crippen LogP contribution in [-0.2, 0) is 0 Å². The number of aryl methyl sites for hydroxylation is 2. The van der Waals surface area contributed by atoms with Gasteiger partial charge in [0.25, 0.3) is 0 Å². The van der Waals surface area contributed by atoms with E-state index in [1.54, 1.807) is 6.92 Å². The van der Waals surface area contributed by atoms with E-state index in [0.717, 1.165) is 23.1 Å². The molecule has 0 aliphatic rings. The second-order valence-corrected chi connectivity index (χ2v) is 3.43. The summed E-state index contributed by atoms with van der Waals surface area (Å²) in [5.74, 6) is -0.308. The van der Waals surface area contributed by atoms with Gasteiger partial charge in [-0.25, -0.2) is 4.39 Å². The number of halogens is 1. The Kier molecular flexibility index (Phi) is 1.88. The van der Waals surface area contributed by atoms with Crippen molar-refractivity contribution in [2.75, 3.05) is 0 Å². The maximum absolute atomic E-state index is 13.1. The number of benzene rings is 1. The first-order chi connectivity index (χ1) is 6.63. The molecule has 0 amide bonds. The molecular formula is C11H10FNO. The zero-order valence-corrected chi connectivity index (χ0v) is 8.02. The fourth-order valence-corrected chi connectivity index (χ4v) is 1.73. The van der Waals surface area contributed by atoms with Crippen LogP contribution in [-0.4, -0.2) is 11.3 Å². The molecular weight excluding hydrogens is 181 g/mol. The molecule has 0 aliphatic carbocycles. The Morgan fingerprint density at radius 3 is 2.71 bits per heavy atom. The summed E-state index contributed by atoms with van der Waals surface area (Å²) in [5.41, 5.74) is 2.98. The number of carbonyl (C=O) groups is 1. The summed E-state index contributed by atoms with van der Waals surface area (Å²) in [6.45, 7) is 3.62. The van der Waals surface area contributed by atoms with Crippen LogP contribution in [0.5, 0.6) is 0 Å². The van der Waals surface area contributed by atoms with E-state index in [1.165, 1.54) is 12.1 Å². The third-order valence-electron chi connectivity index (χ3n) is 2.42. The fourth-order valence-electron chi connectivity index (χ4n) is 1.73. The van der Waals surface area contributed by atoms with Gasteiger partial charge in [0.1, 0.15) is 5.82 Å². The summed E-state index contributed by atoms with van der Waals surface area (Å²) >= 11 is 0. The highest BCUT2D eigenvalue weighted by Crippen LogP contribution is 2.24. The fraction of sp³-hybridized carbons (Fsp3) is 0.182. The zero-order valence-electron chi connectivity index (χ0n) is 8.02. The molecule has 1 aromatic carbocycles. The smallest absolute Gasteiger partial charge is 0.152 e. The first-order valence-corrected chi connectivity index (χ1v) is 4.37. The molecule has 14 heavy (non-hydrogen) atoms. The predicted octanol–water partition coefficient (Wildman–Crippen LogP) is 2.74. The normalized spacial score (nSPS) is 10.8. The zero-order chi connectivity index (χ0) is 10.3. The Morgan fingerprint density at radius 1 is 1.36 bits per heavy atom. The number of rotatable bonds is 1. The largest absolute Gasteiger partial charge is 0.358 e. The third kappa shape index (κ3) is 1.13. The average Bonchev–Trinajstić information content (AvgIpc) is 2.41. The molecule has 2 aromatic rings. The lowest BCUT2D eigenvalue weighted by Crippen LogP contribution is -1.82. The first-order valence-electron chi connectivity index (χ1n) is 4.37. The van der Waals surface area contributed by atoms with Crippen LogP contribution in [0.4, 0.5) is 4.39 Å². The number of hydrogen-bond acceptors (Lipinski definition) is 1. The van der Waals surface area contributed by atoms with E-state index < -0.39 is 0 Å². The van der Waals surface area contributed by atoms with Crippen molar-refractivity contribution in [1.29, 1.82) is 0 Å². The van der Waals surface area contributed by atoms with Crippen molar-refractivity contribution < 1.29 is 9.18 Å². The van der Waals surface area contributed by atoms with E-state index in [4.69, 9.17) is 0 Å². The summed E-state index contributed by atoms with van der Waals surface area (Å²) < 4.78 is 13.1. The molecule has 0 saturated heterocycles. The quantitative estimate of drug-likeness (QED) is 0.691. The van der Waals surface area contributed by atoms with Gasteiger partial charge in [0.15, 0.2) is 6.29 Å². The van der Waals surface area contributed by atoms with Crippen LogP contribution in [0.15, 0.2) is 12.1 Å². The van der Waals surface area contributed by atoms with Crippen LogP contribution in [0.25, 0.3) is 10.9 Å². The Balaban J connectivity index is 2.94. The molecule has 0 radical (unpaired) electrons. The standard InChI is InChI=1S/C11H10FNO/c1-6-3-8(12)4-9-10(5-14)7(2)13-11(6)9/h3-5,13H,1-2H3. The van der Waals surface area contributed by atoms with E-state index in [1.807, 2.05) is 6.92 Å². The Labute approximate surface area is 80.7 Å². The lowest BCUT2D eigenvalue weighted by atomic mass is 10.1. The summed E-state index contributed by atoms with van der Waals surface area (Å²) in [4.78, 5) is 13.9. The van der Waals surface area contributed by atoms with Crippen LogP contribution in [0.1, 0.15) is 21.6 Å². The van der Waals surface area contributed by atoms with Crippen LogP contribution in [0, 0.1) is 19.7 Å². The highest BCUT2D eigenvalue weighted by atomic mass is 19.1. The van der Waals surface area contributed by atoms with Crippen LogP contribution >= 0.6 is 0 Å². The van der Waals surface area contributed by atoms with Crippen molar-refractivity contribution in [1.82, 2.24) is 4.98 Å². The van der Waals surface area contributed by atoms with Gasteiger partial charge in [-0.2, -0.15) is 0 Å². The molecule has 3 heteroatoms. The molecule has 0 aliphatic heterocycles. The van der Waals surface area contributed by atoms with Crippen LogP contribution in [0.2, 0.25) is 0 Å². The topological polar surface area (TPSA) is 32.9 Å². The highest BCUT2D eigenvalue weighted by molar-refractivity contribution is 5.99. The van der Waals surface area contributed by atoms with Crippen LogP contribution < -0.4 is 0 Å². The molecule has 72 valence electrons. The number of aromatic nitrogens is 1. The molecule has 2 rings (SSSR count). The third-order valence-corrected chi connectivity index (χ3v) is 2.42. The van der Waals surface area contributed by atoms with E-state index in [9.17, 15) is 9.18 Å². The second kappa shape index (κ2) is 2.94. The number of fused-ring (bicyclic) bond motifs is 1. The molecule has 0 fully saturated rings. The number of H-pyrrole nitrogens is 1. The monoisotopic (exact) mass is 191 g/mol. The van der Waals surface area contributed by atoms with Gasteiger partial charge in [-0.1, -0.05) is 0 Å². The van der Waals surface area contributed by atoms with Gasteiger partial charge < -0.3 is 4.98 Å². The van der Waals surface area contributed by atoms with Gasteiger partial charge in [-0.3, -0.25) is 4.79 Å². The second-order valence-electron chi connectivity index (χ2n) is 3.43. The molecule has 0 bridgehead atoms. The number of carbonyl (C=O) groups excluding carboxylic acids is 1. The Hall–Kier alpha value is -1.64. The van der Waals surface area contributed by atoms with Gasteiger partial charge in [-0.15, -0.1) is 0 Å². The number of hydrogen-bond donors (Lipinski definition) is 1. The molecule has 0 saturated carbocycles. The molecule has 1 aromatic heterocycles. The predicted molar refractivity (Wildman–Crippen MR) is 53.1 cm³/mol. The molecule has 0 spiro atoms. The SMILES string of the molecule is Cc1[nH]c2c(C)cc(F)cc2c1C=O. The van der Waals surface area contributed by atoms with Crippen molar-refractivity contribution in [3.8, 4) is 0 Å². The molecule has 1 N–H and O–H groups in total. The summed E-state index contributed by atoms with van der Waals surface area (Å²) in [6, 6.07) is 2.84. The molecule has 1 heterocycles. The lowest BCUT2D eigenvalue weighted by molar-refractivity contribution is 0.112. The summed E-state index contributed by atoms with van der Waals surface area (Å²) in [7, 11) is 0. The molecule has 2 nitrogen and oxygen atoms in total. The van der Waals surface area contributed by atoms with Crippen molar-refractivity contribution in [2.45, 2.75) is 13.8 Å². The van der Waals surface area contributed by atoms with Crippen molar-refractivity contribution in [3.63, 3.8) is 0 Å². The number of nitrogens with one attached hydrogen (secondary N) is 1. The van der Waals surface area contributed by atoms with Gasteiger partial charge >= 0.3 is 0 Å². The number of aromatic amines is 1. The molecule has 0 unspecified atom stereocenters. The average molecular weight is 191 g/mol. The maximum atomic E-state index is 13.1. The van der Waals surface area contributed by atoms with E-state index >= 15 is 0 Å². The minimum absolute atomic E-state index is 0.308. The highest BCUT2D eigenvalue weighted by Gasteiger charge is 2.10. The van der Waals surface area contributed by atoms with Crippen molar-refractivity contribution >= 4 is 17.2 Å². The van der Waals surface area contributed by atoms with E-state index in [0.29, 0.717) is 10.9 Å². The minimum Gasteiger partial charge on any atom is -0.358 e. The van der Waals surface area contributed by atoms with Gasteiger partial charge in [-0.05, 0) is 31.5 Å². The maximum Gasteiger partial charge on any atom is 0.152 e. The summed E-state index contributed by atoms with van der Waals surface area (Å²) in [5, 5.41) is 0.662. The molecule has 0 atom stereocenters. The van der Waals surface area contributed by atoms with Crippen molar-refractivity contribution in [3.05, 3.63) is 34.8 Å². The Morgan fingerprint density at radius 2 is 2.07 bits per heavy atom. The lowest BCUT2D eigenvalue weighted by Gasteiger charge is -1.96. The summed E-state index contributed by atoms with van der Waals surface area (Å²) in [6.07, 6.45) is 0.757. The van der Waals surface area contributed by atoms with E-state index in [2.05, 4.69) is 4.98 Å². The van der Waals surface area contributed by atoms with Gasteiger partial charge in [0.2, 0.25) is 0 Å². The first kappa shape index (κ1) is 8.94. The van der Waals surface area contributed by atoms with Crippen molar-refractivity contribution in [2.24, 2.45) is 0 Å². The van der Waals surface area contributed by atoms with Crippen LogP contribution in [0.3, 0.4) is 0 Å². The Bertz CT molecular complexity index is 513.